The van der Waals surface area contributed by atoms with Gasteiger partial charge in [-0.25, -0.2) is 0 Å². The Hall–Kier alpha value is -2.49. The highest BCUT2D eigenvalue weighted by Crippen LogP contribution is 2.25. The second-order valence-electron chi connectivity index (χ2n) is 5.58. The van der Waals surface area contributed by atoms with Crippen LogP contribution in [0.3, 0.4) is 0 Å². The molecule has 116 valence electrons. The minimum atomic E-state index is -0.223. The van der Waals surface area contributed by atoms with Gasteiger partial charge in [0.25, 0.3) is 5.91 Å². The average Bonchev–Trinajstić information content (AvgIpc) is 2.44. The summed E-state index contributed by atoms with van der Waals surface area (Å²) in [4.78, 5) is 12.1. The molecule has 0 spiro atoms. The van der Waals surface area contributed by atoms with Gasteiger partial charge >= 0.3 is 0 Å². The Morgan fingerprint density at radius 2 is 1.86 bits per heavy atom. The van der Waals surface area contributed by atoms with Crippen molar-refractivity contribution in [3.8, 4) is 5.75 Å². The summed E-state index contributed by atoms with van der Waals surface area (Å²) in [5.41, 5.74) is 11.4. The number of amides is 1. The van der Waals surface area contributed by atoms with Gasteiger partial charge in [0.15, 0.2) is 6.61 Å². The van der Waals surface area contributed by atoms with E-state index in [-0.39, 0.29) is 12.5 Å². The highest BCUT2D eigenvalue weighted by molar-refractivity contribution is 5.95. The Kier molecular flexibility index (Phi) is 4.71. The molecule has 0 aromatic heterocycles. The molecular weight excluding hydrogens is 276 g/mol. The van der Waals surface area contributed by atoms with Crippen molar-refractivity contribution >= 4 is 17.3 Å². The van der Waals surface area contributed by atoms with Crippen LogP contribution in [0.15, 0.2) is 30.3 Å². The third kappa shape index (κ3) is 3.58. The second-order valence-corrected chi connectivity index (χ2v) is 5.58. The molecule has 0 saturated heterocycles. The molecule has 0 aliphatic heterocycles. The van der Waals surface area contributed by atoms with Crippen LogP contribution >= 0.6 is 0 Å². The summed E-state index contributed by atoms with van der Waals surface area (Å²) >= 11 is 0. The first-order chi connectivity index (χ1) is 10.4. The van der Waals surface area contributed by atoms with Gasteiger partial charge in [0.1, 0.15) is 5.75 Å². The number of nitrogens with one attached hydrogen (secondary N) is 1. The molecular formula is C18H22N2O2. The largest absolute Gasteiger partial charge is 0.483 e. The minimum absolute atomic E-state index is 0.0446. The van der Waals surface area contributed by atoms with E-state index in [0.29, 0.717) is 11.4 Å². The molecule has 2 aromatic carbocycles. The first-order valence-electron chi connectivity index (χ1n) is 7.24. The molecule has 0 atom stereocenters. The smallest absolute Gasteiger partial charge is 0.262 e. The number of hydrogen-bond donors (Lipinski definition) is 2. The van der Waals surface area contributed by atoms with Crippen LogP contribution in [-0.4, -0.2) is 12.5 Å². The highest BCUT2D eigenvalue weighted by atomic mass is 16.5. The van der Waals surface area contributed by atoms with Crippen molar-refractivity contribution in [1.29, 1.82) is 0 Å². The van der Waals surface area contributed by atoms with Gasteiger partial charge in [0.05, 0.1) is 11.4 Å². The molecule has 2 rings (SSSR count). The van der Waals surface area contributed by atoms with Crippen LogP contribution in [0.25, 0.3) is 0 Å². The zero-order valence-corrected chi connectivity index (χ0v) is 13.5. The van der Waals surface area contributed by atoms with E-state index in [2.05, 4.69) is 5.32 Å². The number of benzene rings is 2. The molecule has 3 N–H and O–H groups in total. The molecule has 4 heteroatoms. The van der Waals surface area contributed by atoms with Crippen LogP contribution in [0.4, 0.5) is 11.4 Å². The van der Waals surface area contributed by atoms with Crippen molar-refractivity contribution in [2.24, 2.45) is 0 Å². The predicted molar refractivity (Wildman–Crippen MR) is 90.4 cm³/mol. The molecule has 0 heterocycles. The zero-order chi connectivity index (χ0) is 16.3. The number of rotatable bonds is 4. The molecule has 0 radical (unpaired) electrons. The molecule has 0 aliphatic rings. The first kappa shape index (κ1) is 15.9. The number of hydrogen-bond acceptors (Lipinski definition) is 3. The molecule has 0 bridgehead atoms. The Morgan fingerprint density at radius 1 is 1.14 bits per heavy atom. The zero-order valence-electron chi connectivity index (χ0n) is 13.5. The number of carbonyl (C=O) groups is 1. The van der Waals surface area contributed by atoms with E-state index in [4.69, 9.17) is 10.5 Å². The molecule has 0 saturated carbocycles. The number of aryl methyl sites for hydroxylation is 3. The van der Waals surface area contributed by atoms with E-state index in [9.17, 15) is 4.79 Å². The van der Waals surface area contributed by atoms with Gasteiger partial charge in [-0.2, -0.15) is 0 Å². The monoisotopic (exact) mass is 298 g/mol. The van der Waals surface area contributed by atoms with Crippen molar-refractivity contribution in [2.45, 2.75) is 27.7 Å². The Balaban J connectivity index is 2.04. The summed E-state index contributed by atoms with van der Waals surface area (Å²) in [5.74, 6) is 0.503. The summed E-state index contributed by atoms with van der Waals surface area (Å²) in [6.07, 6.45) is 0. The number of carbonyl (C=O) groups excluding carboxylic acids is 1. The standard InChI is InChI=1S/C18H22N2O2/c1-11-8-13(3)18(15(19)9-11)20-17(21)10-22-16-7-5-6-12(2)14(16)4/h5-9H,10,19H2,1-4H3,(H,20,21). The summed E-state index contributed by atoms with van der Waals surface area (Å²) in [6.45, 7) is 7.84. The number of anilines is 2. The van der Waals surface area contributed by atoms with E-state index in [1.807, 2.05) is 58.0 Å². The minimum Gasteiger partial charge on any atom is -0.483 e. The van der Waals surface area contributed by atoms with Crippen molar-refractivity contribution in [1.82, 2.24) is 0 Å². The topological polar surface area (TPSA) is 64.3 Å². The highest BCUT2D eigenvalue weighted by Gasteiger charge is 2.10. The lowest BCUT2D eigenvalue weighted by atomic mass is 10.1. The molecule has 4 nitrogen and oxygen atoms in total. The number of ether oxygens (including phenoxy) is 1. The first-order valence-corrected chi connectivity index (χ1v) is 7.24. The Morgan fingerprint density at radius 3 is 2.55 bits per heavy atom. The van der Waals surface area contributed by atoms with Crippen molar-refractivity contribution in [2.75, 3.05) is 17.7 Å². The van der Waals surface area contributed by atoms with Crippen LogP contribution in [0, 0.1) is 27.7 Å². The van der Waals surface area contributed by atoms with E-state index in [1.54, 1.807) is 0 Å². The normalized spacial score (nSPS) is 10.4. The lowest BCUT2D eigenvalue weighted by molar-refractivity contribution is -0.118. The van der Waals surface area contributed by atoms with Crippen molar-refractivity contribution in [3.63, 3.8) is 0 Å². The van der Waals surface area contributed by atoms with Gasteiger partial charge in [-0.05, 0) is 62.1 Å². The van der Waals surface area contributed by atoms with Crippen molar-refractivity contribution in [3.05, 3.63) is 52.6 Å². The number of nitrogen functional groups attached to an aromatic ring is 1. The molecule has 0 aliphatic carbocycles. The third-order valence-electron chi connectivity index (χ3n) is 3.69. The van der Waals surface area contributed by atoms with Crippen LogP contribution < -0.4 is 15.8 Å². The maximum atomic E-state index is 12.1. The Bertz CT molecular complexity index is 685. The van der Waals surface area contributed by atoms with E-state index >= 15 is 0 Å². The fraction of sp³-hybridized carbons (Fsp3) is 0.278. The average molecular weight is 298 g/mol. The van der Waals surface area contributed by atoms with E-state index in [0.717, 1.165) is 28.0 Å². The molecule has 0 unspecified atom stereocenters. The quantitative estimate of drug-likeness (QED) is 0.849. The fourth-order valence-corrected chi connectivity index (χ4v) is 2.37. The molecule has 1 amide bonds. The maximum Gasteiger partial charge on any atom is 0.262 e. The van der Waals surface area contributed by atoms with Gasteiger partial charge in [0.2, 0.25) is 0 Å². The second kappa shape index (κ2) is 6.52. The molecule has 22 heavy (non-hydrogen) atoms. The predicted octanol–water partition coefficient (Wildman–Crippen LogP) is 3.52. The van der Waals surface area contributed by atoms with E-state index < -0.39 is 0 Å². The number of nitrogens with two attached hydrogens (primary N) is 1. The van der Waals surface area contributed by atoms with Crippen LogP contribution in [0.5, 0.6) is 5.75 Å². The SMILES string of the molecule is Cc1cc(C)c(NC(=O)COc2cccc(C)c2C)c(N)c1. The van der Waals surface area contributed by atoms with Gasteiger partial charge < -0.3 is 15.8 Å². The van der Waals surface area contributed by atoms with Gasteiger partial charge in [-0.15, -0.1) is 0 Å². The van der Waals surface area contributed by atoms with Crippen LogP contribution in [0.1, 0.15) is 22.3 Å². The van der Waals surface area contributed by atoms with E-state index in [1.165, 1.54) is 0 Å². The summed E-state index contributed by atoms with van der Waals surface area (Å²) in [6, 6.07) is 9.61. The van der Waals surface area contributed by atoms with Gasteiger partial charge in [-0.1, -0.05) is 18.2 Å². The van der Waals surface area contributed by atoms with Crippen LogP contribution in [0.2, 0.25) is 0 Å². The lowest BCUT2D eigenvalue weighted by Gasteiger charge is -2.14. The maximum absolute atomic E-state index is 12.1. The van der Waals surface area contributed by atoms with Crippen molar-refractivity contribution < 1.29 is 9.53 Å². The van der Waals surface area contributed by atoms with Gasteiger partial charge in [0, 0.05) is 0 Å². The summed E-state index contributed by atoms with van der Waals surface area (Å²) in [5, 5.41) is 2.82. The fourth-order valence-electron chi connectivity index (χ4n) is 2.37. The summed E-state index contributed by atoms with van der Waals surface area (Å²) < 4.78 is 5.60. The van der Waals surface area contributed by atoms with Gasteiger partial charge in [-0.3, -0.25) is 4.79 Å². The third-order valence-corrected chi connectivity index (χ3v) is 3.69. The lowest BCUT2D eigenvalue weighted by Crippen LogP contribution is -2.21. The Labute approximate surface area is 131 Å². The van der Waals surface area contributed by atoms with Crippen LogP contribution in [-0.2, 0) is 4.79 Å². The molecule has 0 fully saturated rings. The molecule has 2 aromatic rings. The summed E-state index contributed by atoms with van der Waals surface area (Å²) in [7, 11) is 0.